The van der Waals surface area contributed by atoms with Crippen LogP contribution in [0.15, 0.2) is 60.7 Å². The summed E-state index contributed by atoms with van der Waals surface area (Å²) >= 11 is 12.7. The third kappa shape index (κ3) is 5.12. The van der Waals surface area contributed by atoms with E-state index >= 15 is 0 Å². The van der Waals surface area contributed by atoms with Crippen molar-refractivity contribution in [2.45, 2.75) is 27.0 Å². The highest BCUT2D eigenvalue weighted by molar-refractivity contribution is 6.32. The van der Waals surface area contributed by atoms with Crippen LogP contribution in [-0.2, 0) is 13.2 Å². The smallest absolute Gasteiger partial charge is 0.180 e. The zero-order valence-corrected chi connectivity index (χ0v) is 17.5. The van der Waals surface area contributed by atoms with Gasteiger partial charge in [-0.3, -0.25) is 0 Å². The van der Waals surface area contributed by atoms with E-state index in [1.54, 1.807) is 0 Å². The van der Waals surface area contributed by atoms with Crippen molar-refractivity contribution < 1.29 is 9.47 Å². The van der Waals surface area contributed by atoms with Gasteiger partial charge in [0, 0.05) is 17.3 Å². The highest BCUT2D eigenvalue weighted by Gasteiger charge is 2.13. The Labute approximate surface area is 176 Å². The standard InChI is InChI=1S/C23H23Cl2NO2/c1-3-27-22-13-18(14-26-21-11-7-10-19(24)16(21)2)12-20(25)23(22)28-15-17-8-5-4-6-9-17/h4-13,26H,3,14-15H2,1-2H3. The van der Waals surface area contributed by atoms with Crippen molar-refractivity contribution in [3.05, 3.63) is 87.4 Å². The van der Waals surface area contributed by atoms with E-state index in [0.29, 0.717) is 36.3 Å². The van der Waals surface area contributed by atoms with Gasteiger partial charge in [0.1, 0.15) is 6.61 Å². The average molecular weight is 416 g/mol. The van der Waals surface area contributed by atoms with Gasteiger partial charge in [0.2, 0.25) is 0 Å². The predicted molar refractivity (Wildman–Crippen MR) is 117 cm³/mol. The largest absolute Gasteiger partial charge is 0.490 e. The monoisotopic (exact) mass is 415 g/mol. The summed E-state index contributed by atoms with van der Waals surface area (Å²) in [5.74, 6) is 1.21. The van der Waals surface area contributed by atoms with Crippen molar-refractivity contribution in [3.63, 3.8) is 0 Å². The van der Waals surface area contributed by atoms with E-state index in [4.69, 9.17) is 32.7 Å². The second-order valence-electron chi connectivity index (χ2n) is 6.38. The molecule has 0 heterocycles. The van der Waals surface area contributed by atoms with Gasteiger partial charge in [0.25, 0.3) is 0 Å². The zero-order valence-electron chi connectivity index (χ0n) is 16.0. The summed E-state index contributed by atoms with van der Waals surface area (Å²) in [6, 6.07) is 19.6. The fraction of sp³-hybridized carbons (Fsp3) is 0.217. The van der Waals surface area contributed by atoms with Crippen LogP contribution in [0.2, 0.25) is 10.0 Å². The van der Waals surface area contributed by atoms with E-state index < -0.39 is 0 Å². The molecule has 3 aromatic rings. The first kappa shape index (κ1) is 20.4. The fourth-order valence-corrected chi connectivity index (χ4v) is 3.31. The first-order valence-electron chi connectivity index (χ1n) is 9.19. The Bertz CT molecular complexity index is 929. The fourth-order valence-electron chi connectivity index (χ4n) is 2.85. The summed E-state index contributed by atoms with van der Waals surface area (Å²) in [6.07, 6.45) is 0. The number of hydrogen-bond acceptors (Lipinski definition) is 3. The third-order valence-electron chi connectivity index (χ3n) is 4.35. The van der Waals surface area contributed by atoms with Crippen molar-refractivity contribution in [3.8, 4) is 11.5 Å². The van der Waals surface area contributed by atoms with Gasteiger partial charge >= 0.3 is 0 Å². The summed E-state index contributed by atoms with van der Waals surface area (Å²) < 4.78 is 11.7. The molecule has 3 rings (SSSR count). The van der Waals surface area contributed by atoms with Gasteiger partial charge in [0.05, 0.1) is 11.6 Å². The van der Waals surface area contributed by atoms with Crippen LogP contribution in [0.3, 0.4) is 0 Å². The Morgan fingerprint density at radius 1 is 0.857 bits per heavy atom. The van der Waals surface area contributed by atoms with Gasteiger partial charge in [-0.25, -0.2) is 0 Å². The molecule has 3 aromatic carbocycles. The molecule has 5 heteroatoms. The topological polar surface area (TPSA) is 30.5 Å². The van der Waals surface area contributed by atoms with E-state index in [-0.39, 0.29) is 0 Å². The van der Waals surface area contributed by atoms with Crippen LogP contribution in [0.5, 0.6) is 11.5 Å². The normalized spacial score (nSPS) is 10.6. The lowest BCUT2D eigenvalue weighted by molar-refractivity contribution is 0.269. The molecule has 0 saturated heterocycles. The van der Waals surface area contributed by atoms with Crippen LogP contribution in [0.1, 0.15) is 23.6 Å². The predicted octanol–water partition coefficient (Wildman–Crippen LogP) is 6.89. The van der Waals surface area contributed by atoms with Gasteiger partial charge in [-0.15, -0.1) is 0 Å². The maximum atomic E-state index is 6.52. The molecular formula is C23H23Cl2NO2. The molecule has 0 unspecified atom stereocenters. The molecule has 3 nitrogen and oxygen atoms in total. The second kappa shape index (κ2) is 9.72. The maximum Gasteiger partial charge on any atom is 0.180 e. The Kier molecular flexibility index (Phi) is 7.07. The van der Waals surface area contributed by atoms with E-state index in [1.807, 2.05) is 74.5 Å². The quantitative estimate of drug-likeness (QED) is 0.434. The summed E-state index contributed by atoms with van der Waals surface area (Å²) in [7, 11) is 0. The van der Waals surface area contributed by atoms with Crippen LogP contribution in [0.4, 0.5) is 5.69 Å². The lowest BCUT2D eigenvalue weighted by Gasteiger charge is -2.16. The number of rotatable bonds is 8. The summed E-state index contributed by atoms with van der Waals surface area (Å²) in [6.45, 7) is 5.49. The molecule has 1 N–H and O–H groups in total. The number of hydrogen-bond donors (Lipinski definition) is 1. The van der Waals surface area contributed by atoms with Gasteiger partial charge in [-0.05, 0) is 54.8 Å². The van der Waals surface area contributed by atoms with Crippen molar-refractivity contribution in [1.29, 1.82) is 0 Å². The molecule has 0 aliphatic carbocycles. The second-order valence-corrected chi connectivity index (χ2v) is 7.19. The van der Waals surface area contributed by atoms with Crippen molar-refractivity contribution in [2.24, 2.45) is 0 Å². The summed E-state index contributed by atoms with van der Waals surface area (Å²) in [5, 5.41) is 4.67. The van der Waals surface area contributed by atoms with Crippen LogP contribution in [0, 0.1) is 6.92 Å². The van der Waals surface area contributed by atoms with Gasteiger partial charge < -0.3 is 14.8 Å². The molecular weight excluding hydrogens is 393 g/mol. The molecule has 0 radical (unpaired) electrons. The van der Waals surface area contributed by atoms with Gasteiger partial charge in [-0.1, -0.05) is 59.6 Å². The minimum atomic E-state index is 0.430. The highest BCUT2D eigenvalue weighted by Crippen LogP contribution is 2.37. The third-order valence-corrected chi connectivity index (χ3v) is 5.04. The van der Waals surface area contributed by atoms with Gasteiger partial charge in [-0.2, -0.15) is 0 Å². The number of halogens is 2. The molecule has 0 fully saturated rings. The number of benzene rings is 3. The number of ether oxygens (including phenoxy) is 2. The maximum absolute atomic E-state index is 6.52. The molecule has 0 saturated carbocycles. The van der Waals surface area contributed by atoms with E-state index in [2.05, 4.69) is 5.32 Å². The Hall–Kier alpha value is -2.36. The zero-order chi connectivity index (χ0) is 19.9. The Morgan fingerprint density at radius 2 is 1.64 bits per heavy atom. The molecule has 0 aliphatic heterocycles. The van der Waals surface area contributed by atoms with Crippen molar-refractivity contribution >= 4 is 28.9 Å². The van der Waals surface area contributed by atoms with Crippen LogP contribution < -0.4 is 14.8 Å². The average Bonchev–Trinajstić information content (AvgIpc) is 2.69. The molecule has 0 bridgehead atoms. The molecule has 0 amide bonds. The first-order valence-corrected chi connectivity index (χ1v) is 9.95. The summed E-state index contributed by atoms with van der Waals surface area (Å²) in [5.41, 5.74) is 4.08. The Balaban J connectivity index is 1.77. The lowest BCUT2D eigenvalue weighted by atomic mass is 10.1. The molecule has 0 aliphatic rings. The molecule has 146 valence electrons. The molecule has 28 heavy (non-hydrogen) atoms. The SMILES string of the molecule is CCOc1cc(CNc2cccc(Cl)c2C)cc(Cl)c1OCc1ccccc1. The van der Waals surface area contributed by atoms with E-state index in [9.17, 15) is 0 Å². The number of anilines is 1. The van der Waals surface area contributed by atoms with Crippen molar-refractivity contribution in [2.75, 3.05) is 11.9 Å². The van der Waals surface area contributed by atoms with Crippen LogP contribution >= 0.6 is 23.2 Å². The van der Waals surface area contributed by atoms with Crippen molar-refractivity contribution in [1.82, 2.24) is 0 Å². The minimum absolute atomic E-state index is 0.430. The molecule has 0 atom stereocenters. The van der Waals surface area contributed by atoms with E-state index in [0.717, 1.165) is 27.4 Å². The minimum Gasteiger partial charge on any atom is -0.490 e. The Morgan fingerprint density at radius 3 is 2.39 bits per heavy atom. The van der Waals surface area contributed by atoms with Crippen LogP contribution in [0.25, 0.3) is 0 Å². The molecule has 0 aromatic heterocycles. The lowest BCUT2D eigenvalue weighted by Crippen LogP contribution is -2.04. The van der Waals surface area contributed by atoms with Gasteiger partial charge in [0.15, 0.2) is 11.5 Å². The molecule has 0 spiro atoms. The number of nitrogens with one attached hydrogen (secondary N) is 1. The van der Waals surface area contributed by atoms with Crippen LogP contribution in [-0.4, -0.2) is 6.61 Å². The first-order chi connectivity index (χ1) is 13.6. The summed E-state index contributed by atoms with van der Waals surface area (Å²) in [4.78, 5) is 0. The highest BCUT2D eigenvalue weighted by atomic mass is 35.5. The van der Waals surface area contributed by atoms with E-state index in [1.165, 1.54) is 0 Å².